The SMILES string of the molecule is O=C(O)C[C@H](NC(=O)C1CC1c1ccc(F)cc1F)c1ccc(Cl)cc1. The van der Waals surface area contributed by atoms with E-state index in [1.54, 1.807) is 24.3 Å². The van der Waals surface area contributed by atoms with Crippen molar-refractivity contribution in [1.29, 1.82) is 0 Å². The average Bonchev–Trinajstić information content (AvgIpc) is 3.35. The molecule has 0 saturated heterocycles. The molecule has 2 aromatic rings. The summed E-state index contributed by atoms with van der Waals surface area (Å²) in [5.41, 5.74) is 0.920. The maximum absolute atomic E-state index is 13.9. The Labute approximate surface area is 153 Å². The first-order chi connectivity index (χ1) is 12.3. The summed E-state index contributed by atoms with van der Waals surface area (Å²) in [6.07, 6.45) is 0.157. The average molecular weight is 380 g/mol. The lowest BCUT2D eigenvalue weighted by atomic mass is 10.0. The van der Waals surface area contributed by atoms with Crippen LogP contribution >= 0.6 is 11.6 Å². The Morgan fingerprint density at radius 3 is 2.50 bits per heavy atom. The van der Waals surface area contributed by atoms with Crippen molar-refractivity contribution in [3.8, 4) is 0 Å². The van der Waals surface area contributed by atoms with E-state index in [4.69, 9.17) is 16.7 Å². The molecule has 1 fully saturated rings. The molecule has 136 valence electrons. The largest absolute Gasteiger partial charge is 0.481 e. The second-order valence-corrected chi connectivity index (χ2v) is 6.76. The summed E-state index contributed by atoms with van der Waals surface area (Å²) in [7, 11) is 0. The maximum Gasteiger partial charge on any atom is 0.305 e. The molecule has 26 heavy (non-hydrogen) atoms. The molecule has 1 aliphatic carbocycles. The van der Waals surface area contributed by atoms with E-state index in [0.717, 1.165) is 12.1 Å². The minimum absolute atomic E-state index is 0.282. The van der Waals surface area contributed by atoms with Crippen LogP contribution in [0.15, 0.2) is 42.5 Å². The van der Waals surface area contributed by atoms with Crippen LogP contribution in [0.25, 0.3) is 0 Å². The van der Waals surface area contributed by atoms with Crippen LogP contribution in [0.4, 0.5) is 8.78 Å². The Kier molecular flexibility index (Phi) is 5.23. The standard InChI is InChI=1S/C19H16ClF2NO3/c20-11-3-1-10(2-4-11)17(9-18(24)25)23-19(26)15-8-14(15)13-6-5-12(21)7-16(13)22/h1-7,14-15,17H,8-9H2,(H,23,26)(H,24,25)/t14?,15?,17-/m0/s1. The summed E-state index contributed by atoms with van der Waals surface area (Å²) in [6, 6.07) is 9.13. The molecule has 0 spiro atoms. The Balaban J connectivity index is 1.70. The fourth-order valence-electron chi connectivity index (χ4n) is 3.03. The van der Waals surface area contributed by atoms with Crippen LogP contribution in [0.1, 0.15) is 35.9 Å². The molecule has 0 aliphatic heterocycles. The first-order valence-corrected chi connectivity index (χ1v) is 8.45. The number of carbonyl (C=O) groups is 2. The summed E-state index contributed by atoms with van der Waals surface area (Å²) >= 11 is 5.84. The lowest BCUT2D eigenvalue weighted by Crippen LogP contribution is -2.31. The minimum Gasteiger partial charge on any atom is -0.481 e. The Morgan fingerprint density at radius 2 is 1.88 bits per heavy atom. The Bertz CT molecular complexity index is 841. The minimum atomic E-state index is -1.05. The molecule has 2 aromatic carbocycles. The van der Waals surface area contributed by atoms with Gasteiger partial charge in [-0.3, -0.25) is 9.59 Å². The van der Waals surface area contributed by atoms with Crippen LogP contribution in [-0.4, -0.2) is 17.0 Å². The van der Waals surface area contributed by atoms with Gasteiger partial charge in [0, 0.05) is 17.0 Å². The van der Waals surface area contributed by atoms with Crippen molar-refractivity contribution in [3.05, 3.63) is 70.2 Å². The molecule has 1 aliphatic rings. The number of hydrogen-bond donors (Lipinski definition) is 2. The molecule has 0 heterocycles. The van der Waals surface area contributed by atoms with E-state index in [9.17, 15) is 18.4 Å². The van der Waals surface area contributed by atoms with E-state index < -0.39 is 29.6 Å². The summed E-state index contributed by atoms with van der Waals surface area (Å²) in [6.45, 7) is 0. The van der Waals surface area contributed by atoms with E-state index >= 15 is 0 Å². The van der Waals surface area contributed by atoms with Gasteiger partial charge in [-0.1, -0.05) is 29.8 Å². The van der Waals surface area contributed by atoms with E-state index in [1.165, 1.54) is 6.07 Å². The van der Waals surface area contributed by atoms with Gasteiger partial charge in [0.2, 0.25) is 5.91 Å². The molecule has 3 atom stereocenters. The molecule has 2 unspecified atom stereocenters. The number of carbonyl (C=O) groups excluding carboxylic acids is 1. The van der Waals surface area contributed by atoms with Crippen LogP contribution in [0, 0.1) is 17.6 Å². The highest BCUT2D eigenvalue weighted by Crippen LogP contribution is 2.48. The Morgan fingerprint density at radius 1 is 1.19 bits per heavy atom. The lowest BCUT2D eigenvalue weighted by Gasteiger charge is -2.18. The topological polar surface area (TPSA) is 66.4 Å². The summed E-state index contributed by atoms with van der Waals surface area (Å²) in [5.74, 6) is -3.53. The van der Waals surface area contributed by atoms with Crippen LogP contribution in [-0.2, 0) is 9.59 Å². The number of carboxylic acid groups (broad SMARTS) is 1. The van der Waals surface area contributed by atoms with Gasteiger partial charge in [-0.2, -0.15) is 0 Å². The van der Waals surface area contributed by atoms with Crippen molar-refractivity contribution in [2.75, 3.05) is 0 Å². The van der Waals surface area contributed by atoms with Gasteiger partial charge in [0.25, 0.3) is 0 Å². The van der Waals surface area contributed by atoms with Gasteiger partial charge in [0.05, 0.1) is 12.5 Å². The predicted molar refractivity (Wildman–Crippen MR) is 91.8 cm³/mol. The van der Waals surface area contributed by atoms with Gasteiger partial charge < -0.3 is 10.4 Å². The number of rotatable bonds is 6. The van der Waals surface area contributed by atoms with E-state index in [-0.39, 0.29) is 18.2 Å². The molecular weight excluding hydrogens is 364 g/mol. The molecule has 0 radical (unpaired) electrons. The van der Waals surface area contributed by atoms with Crippen LogP contribution in [0.2, 0.25) is 5.02 Å². The van der Waals surface area contributed by atoms with E-state index in [2.05, 4.69) is 5.32 Å². The quantitative estimate of drug-likeness (QED) is 0.795. The lowest BCUT2D eigenvalue weighted by molar-refractivity contribution is -0.137. The van der Waals surface area contributed by atoms with Crippen molar-refractivity contribution in [1.82, 2.24) is 5.32 Å². The second-order valence-electron chi connectivity index (χ2n) is 6.33. The van der Waals surface area contributed by atoms with Crippen LogP contribution in [0.3, 0.4) is 0 Å². The monoisotopic (exact) mass is 379 g/mol. The number of benzene rings is 2. The van der Waals surface area contributed by atoms with Crippen molar-refractivity contribution in [3.63, 3.8) is 0 Å². The molecule has 4 nitrogen and oxygen atoms in total. The third-order valence-electron chi connectivity index (χ3n) is 4.46. The zero-order valence-electron chi connectivity index (χ0n) is 13.6. The third-order valence-corrected chi connectivity index (χ3v) is 4.71. The third kappa shape index (κ3) is 4.19. The van der Waals surface area contributed by atoms with Crippen molar-refractivity contribution < 1.29 is 23.5 Å². The normalized spacial score (nSPS) is 19.7. The van der Waals surface area contributed by atoms with Crippen molar-refractivity contribution in [2.45, 2.75) is 24.8 Å². The van der Waals surface area contributed by atoms with E-state index in [0.29, 0.717) is 22.6 Å². The molecule has 1 saturated carbocycles. The smallest absolute Gasteiger partial charge is 0.305 e. The Hall–Kier alpha value is -2.47. The van der Waals surface area contributed by atoms with Crippen molar-refractivity contribution >= 4 is 23.5 Å². The highest BCUT2D eigenvalue weighted by atomic mass is 35.5. The molecule has 7 heteroatoms. The zero-order chi connectivity index (χ0) is 18.8. The highest BCUT2D eigenvalue weighted by molar-refractivity contribution is 6.30. The predicted octanol–water partition coefficient (Wildman–Crippen LogP) is 4.05. The fourth-order valence-corrected chi connectivity index (χ4v) is 3.16. The second kappa shape index (κ2) is 7.41. The molecule has 0 bridgehead atoms. The summed E-state index contributed by atoms with van der Waals surface area (Å²) in [5, 5.41) is 12.3. The van der Waals surface area contributed by atoms with Gasteiger partial charge in [-0.05, 0) is 41.7 Å². The number of amides is 1. The van der Waals surface area contributed by atoms with E-state index in [1.807, 2.05) is 0 Å². The van der Waals surface area contributed by atoms with Gasteiger partial charge >= 0.3 is 5.97 Å². The van der Waals surface area contributed by atoms with Gasteiger partial charge in [-0.25, -0.2) is 8.78 Å². The van der Waals surface area contributed by atoms with Crippen molar-refractivity contribution in [2.24, 2.45) is 5.92 Å². The zero-order valence-corrected chi connectivity index (χ0v) is 14.3. The molecule has 0 aromatic heterocycles. The molecule has 3 rings (SSSR count). The summed E-state index contributed by atoms with van der Waals surface area (Å²) in [4.78, 5) is 23.6. The number of aliphatic carboxylic acids is 1. The van der Waals surface area contributed by atoms with Crippen LogP contribution < -0.4 is 5.32 Å². The van der Waals surface area contributed by atoms with Gasteiger partial charge in [-0.15, -0.1) is 0 Å². The fraction of sp³-hybridized carbons (Fsp3) is 0.263. The number of halogens is 3. The van der Waals surface area contributed by atoms with Gasteiger partial charge in [0.15, 0.2) is 0 Å². The number of hydrogen-bond acceptors (Lipinski definition) is 2. The molecular formula is C19H16ClF2NO3. The first-order valence-electron chi connectivity index (χ1n) is 8.07. The highest BCUT2D eigenvalue weighted by Gasteiger charge is 2.45. The molecule has 2 N–H and O–H groups in total. The number of carboxylic acids is 1. The maximum atomic E-state index is 13.9. The van der Waals surface area contributed by atoms with Crippen LogP contribution in [0.5, 0.6) is 0 Å². The summed E-state index contributed by atoms with van der Waals surface area (Å²) < 4.78 is 26.9. The first kappa shape index (κ1) is 18.3. The molecule has 1 amide bonds. The number of nitrogens with one attached hydrogen (secondary N) is 1. The van der Waals surface area contributed by atoms with Gasteiger partial charge in [0.1, 0.15) is 11.6 Å².